The van der Waals surface area contributed by atoms with Crippen molar-refractivity contribution in [3.05, 3.63) is 35.4 Å². The van der Waals surface area contributed by atoms with E-state index >= 15 is 0 Å². The molecule has 0 aliphatic carbocycles. The van der Waals surface area contributed by atoms with E-state index in [1.165, 1.54) is 4.90 Å². The second-order valence-electron chi connectivity index (χ2n) is 4.62. The summed E-state index contributed by atoms with van der Waals surface area (Å²) < 4.78 is 51.0. The third-order valence-corrected chi connectivity index (χ3v) is 2.83. The monoisotopic (exact) mass is 279 g/mol. The Morgan fingerprint density at radius 2 is 1.79 bits per heavy atom. The fourth-order valence-corrected chi connectivity index (χ4v) is 1.77. The summed E-state index contributed by atoms with van der Waals surface area (Å²) in [6.07, 6.45) is -3.81. The highest BCUT2D eigenvalue weighted by molar-refractivity contribution is 5.21. The van der Waals surface area contributed by atoms with E-state index in [1.807, 2.05) is 0 Å². The van der Waals surface area contributed by atoms with Crippen molar-refractivity contribution >= 4 is 0 Å². The van der Waals surface area contributed by atoms with E-state index in [-0.39, 0.29) is 18.2 Å². The highest BCUT2D eigenvalue weighted by Gasteiger charge is 2.21. The van der Waals surface area contributed by atoms with Crippen molar-refractivity contribution in [1.29, 1.82) is 0 Å². The Balaban J connectivity index is 2.78. The molecule has 1 aromatic carbocycles. The summed E-state index contributed by atoms with van der Waals surface area (Å²) in [5.41, 5.74) is -0.0960. The van der Waals surface area contributed by atoms with Crippen molar-refractivity contribution in [2.75, 3.05) is 13.1 Å². The number of nitrogens with zero attached hydrogens (tertiary/aromatic N) is 1. The molecule has 0 spiro atoms. The topological polar surface area (TPSA) is 23.5 Å². The molecular weight excluding hydrogens is 262 g/mol. The van der Waals surface area contributed by atoms with E-state index in [0.717, 1.165) is 12.1 Å². The van der Waals surface area contributed by atoms with Gasteiger partial charge in [0.2, 0.25) is 0 Å². The molecule has 1 N–H and O–H groups in total. The van der Waals surface area contributed by atoms with Crippen LogP contribution in [0.2, 0.25) is 0 Å². The second-order valence-corrected chi connectivity index (χ2v) is 4.62. The first-order chi connectivity index (χ1) is 8.81. The van der Waals surface area contributed by atoms with E-state index in [9.17, 15) is 22.7 Å². The van der Waals surface area contributed by atoms with Crippen LogP contribution < -0.4 is 0 Å². The van der Waals surface area contributed by atoms with E-state index in [1.54, 1.807) is 13.8 Å². The Morgan fingerprint density at radius 1 is 1.16 bits per heavy atom. The molecule has 1 aromatic rings. The highest BCUT2D eigenvalue weighted by Crippen LogP contribution is 2.20. The van der Waals surface area contributed by atoms with Crippen LogP contribution in [0.4, 0.5) is 17.6 Å². The maximum Gasteiger partial charge on any atom is 0.251 e. The summed E-state index contributed by atoms with van der Waals surface area (Å²) in [6, 6.07) is 2.59. The van der Waals surface area contributed by atoms with Crippen LogP contribution in [0, 0.1) is 11.6 Å². The maximum atomic E-state index is 13.4. The van der Waals surface area contributed by atoms with Gasteiger partial charge in [-0.25, -0.2) is 17.6 Å². The lowest BCUT2D eigenvalue weighted by Gasteiger charge is -2.28. The predicted molar refractivity (Wildman–Crippen MR) is 64.0 cm³/mol. The number of aliphatic hydroxyl groups is 1. The lowest BCUT2D eigenvalue weighted by atomic mass is 10.1. The van der Waals surface area contributed by atoms with Crippen LogP contribution in [0.3, 0.4) is 0 Å². The third-order valence-electron chi connectivity index (χ3n) is 2.83. The molecule has 19 heavy (non-hydrogen) atoms. The van der Waals surface area contributed by atoms with Gasteiger partial charge in [0, 0.05) is 24.2 Å². The molecule has 0 amide bonds. The zero-order valence-electron chi connectivity index (χ0n) is 10.8. The first-order valence-corrected chi connectivity index (χ1v) is 5.96. The number of halogens is 4. The Bertz CT molecular complexity index is 412. The fraction of sp³-hybridized carbons (Fsp3) is 0.538. The Kier molecular flexibility index (Phi) is 5.75. The minimum atomic E-state index is -2.53. The molecule has 1 rings (SSSR count). The van der Waals surface area contributed by atoms with Crippen LogP contribution in [0.15, 0.2) is 18.2 Å². The molecule has 108 valence electrons. The molecule has 0 fully saturated rings. The van der Waals surface area contributed by atoms with Crippen LogP contribution in [0.1, 0.15) is 25.5 Å². The van der Waals surface area contributed by atoms with Crippen LogP contribution in [0.5, 0.6) is 0 Å². The molecule has 0 saturated carbocycles. The molecule has 2 nitrogen and oxygen atoms in total. The van der Waals surface area contributed by atoms with Crippen molar-refractivity contribution in [2.45, 2.75) is 32.4 Å². The number of benzene rings is 1. The summed E-state index contributed by atoms with van der Waals surface area (Å²) in [7, 11) is 0. The van der Waals surface area contributed by atoms with Crippen LogP contribution in [0.25, 0.3) is 0 Å². The van der Waals surface area contributed by atoms with Gasteiger partial charge in [0.1, 0.15) is 11.6 Å². The summed E-state index contributed by atoms with van der Waals surface area (Å²) in [6.45, 7) is 2.77. The van der Waals surface area contributed by atoms with Crippen molar-refractivity contribution in [2.24, 2.45) is 0 Å². The standard InChI is InChI=1S/C13H17F4NO/c1-8(2)18(7-13(16)17)6-12(19)10-4-3-9(14)5-11(10)15/h3-5,8,12-13,19H,6-7H2,1-2H3. The molecule has 0 bridgehead atoms. The lowest BCUT2D eigenvalue weighted by Crippen LogP contribution is -2.38. The minimum Gasteiger partial charge on any atom is -0.387 e. The summed E-state index contributed by atoms with van der Waals surface area (Å²) in [5.74, 6) is -1.63. The third kappa shape index (κ3) is 4.80. The molecule has 1 atom stereocenters. The Labute approximate surface area is 109 Å². The zero-order valence-corrected chi connectivity index (χ0v) is 10.8. The molecular formula is C13H17F4NO. The molecule has 0 heterocycles. The van der Waals surface area contributed by atoms with Crippen molar-refractivity contribution < 1.29 is 22.7 Å². The van der Waals surface area contributed by atoms with Gasteiger partial charge in [-0.2, -0.15) is 0 Å². The van der Waals surface area contributed by atoms with Gasteiger partial charge in [0.25, 0.3) is 6.43 Å². The summed E-state index contributed by atoms with van der Waals surface area (Å²) >= 11 is 0. The zero-order chi connectivity index (χ0) is 14.6. The largest absolute Gasteiger partial charge is 0.387 e. The van der Waals surface area contributed by atoms with Gasteiger partial charge in [-0.05, 0) is 19.9 Å². The Hall–Kier alpha value is -1.14. The van der Waals surface area contributed by atoms with Crippen LogP contribution >= 0.6 is 0 Å². The second kappa shape index (κ2) is 6.86. The average molecular weight is 279 g/mol. The van der Waals surface area contributed by atoms with E-state index < -0.39 is 30.7 Å². The quantitative estimate of drug-likeness (QED) is 0.809. The van der Waals surface area contributed by atoms with Crippen molar-refractivity contribution in [1.82, 2.24) is 4.90 Å². The Morgan fingerprint density at radius 3 is 2.26 bits per heavy atom. The van der Waals surface area contributed by atoms with Gasteiger partial charge in [-0.3, -0.25) is 4.90 Å². The van der Waals surface area contributed by atoms with Gasteiger partial charge in [0.15, 0.2) is 0 Å². The van der Waals surface area contributed by atoms with Gasteiger partial charge in [-0.15, -0.1) is 0 Å². The average Bonchev–Trinajstić information content (AvgIpc) is 2.26. The molecule has 0 radical (unpaired) electrons. The number of alkyl halides is 2. The first-order valence-electron chi connectivity index (χ1n) is 5.96. The van der Waals surface area contributed by atoms with Crippen molar-refractivity contribution in [3.63, 3.8) is 0 Å². The highest BCUT2D eigenvalue weighted by atomic mass is 19.3. The molecule has 0 aliphatic heterocycles. The molecule has 6 heteroatoms. The molecule has 0 aliphatic rings. The molecule has 1 unspecified atom stereocenters. The number of rotatable bonds is 6. The minimum absolute atomic E-state index is 0.0960. The van der Waals surface area contributed by atoms with Gasteiger partial charge in [0.05, 0.1) is 12.6 Å². The van der Waals surface area contributed by atoms with Gasteiger partial charge < -0.3 is 5.11 Å². The van der Waals surface area contributed by atoms with Gasteiger partial charge >= 0.3 is 0 Å². The number of hydrogen-bond acceptors (Lipinski definition) is 2. The maximum absolute atomic E-state index is 13.4. The van der Waals surface area contributed by atoms with Crippen LogP contribution in [-0.4, -0.2) is 35.6 Å². The SMILES string of the molecule is CC(C)N(CC(F)F)CC(O)c1ccc(F)cc1F. The normalized spacial score (nSPS) is 13.6. The smallest absolute Gasteiger partial charge is 0.251 e. The van der Waals surface area contributed by atoms with E-state index in [0.29, 0.717) is 6.07 Å². The summed E-state index contributed by atoms with van der Waals surface area (Å²) in [4.78, 5) is 1.35. The fourth-order valence-electron chi connectivity index (χ4n) is 1.77. The van der Waals surface area contributed by atoms with Crippen molar-refractivity contribution in [3.8, 4) is 0 Å². The summed E-state index contributed by atoms with van der Waals surface area (Å²) in [5, 5.41) is 9.88. The molecule has 0 saturated heterocycles. The molecule has 0 aromatic heterocycles. The predicted octanol–water partition coefficient (Wildman–Crippen LogP) is 2.97. The van der Waals surface area contributed by atoms with E-state index in [4.69, 9.17) is 0 Å². The number of aliphatic hydroxyl groups excluding tert-OH is 1. The van der Waals surface area contributed by atoms with E-state index in [2.05, 4.69) is 0 Å². The first kappa shape index (κ1) is 15.9. The van der Waals surface area contributed by atoms with Gasteiger partial charge in [-0.1, -0.05) is 6.07 Å². The lowest BCUT2D eigenvalue weighted by molar-refractivity contribution is 0.0380. The van der Waals surface area contributed by atoms with Crippen LogP contribution in [-0.2, 0) is 0 Å². The number of hydrogen-bond donors (Lipinski definition) is 1.